The highest BCUT2D eigenvalue weighted by atomic mass is 14.3. The average molecular weight is 389 g/mol. The molecule has 0 aliphatic rings. The molecular weight excluding hydrogens is 348 g/mol. The zero-order chi connectivity index (χ0) is 21.6. The fourth-order valence-corrected chi connectivity index (χ4v) is 5.05. The van der Waals surface area contributed by atoms with Crippen LogP contribution in [0.1, 0.15) is 127 Å². The quantitative estimate of drug-likeness (QED) is 0.382. The molecule has 0 saturated carbocycles. The van der Waals surface area contributed by atoms with Gasteiger partial charge >= 0.3 is 0 Å². The van der Waals surface area contributed by atoms with E-state index in [1.807, 2.05) is 0 Å². The van der Waals surface area contributed by atoms with Crippen molar-refractivity contribution < 1.29 is 0 Å². The van der Waals surface area contributed by atoms with E-state index in [-0.39, 0.29) is 0 Å². The molecular formula is C29H40. The fourth-order valence-electron chi connectivity index (χ4n) is 5.05. The first-order valence-corrected chi connectivity index (χ1v) is 11.6. The van der Waals surface area contributed by atoms with Gasteiger partial charge in [-0.25, -0.2) is 0 Å². The van der Waals surface area contributed by atoms with Gasteiger partial charge in [0, 0.05) is 0 Å². The molecule has 0 amide bonds. The van der Waals surface area contributed by atoms with Crippen LogP contribution in [-0.2, 0) is 0 Å². The van der Waals surface area contributed by atoms with E-state index in [1.165, 1.54) is 38.2 Å². The van der Waals surface area contributed by atoms with E-state index in [0.29, 0.717) is 29.6 Å². The maximum atomic E-state index is 2.48. The van der Waals surface area contributed by atoms with Gasteiger partial charge in [-0.15, -0.1) is 0 Å². The van der Waals surface area contributed by atoms with Crippen molar-refractivity contribution >= 4 is 21.5 Å². The van der Waals surface area contributed by atoms with Crippen LogP contribution in [0.4, 0.5) is 0 Å². The Labute approximate surface area is 178 Å². The van der Waals surface area contributed by atoms with Crippen LogP contribution in [0, 0.1) is 0 Å². The molecule has 0 aromatic heterocycles. The van der Waals surface area contributed by atoms with Gasteiger partial charge in [-0.2, -0.15) is 0 Å². The Morgan fingerprint density at radius 2 is 0.793 bits per heavy atom. The number of hydrogen-bond acceptors (Lipinski definition) is 0. The lowest BCUT2D eigenvalue weighted by molar-refractivity contribution is 0.755. The molecule has 156 valence electrons. The third-order valence-electron chi connectivity index (χ3n) is 6.43. The minimum Gasteiger partial charge on any atom is -0.0587 e. The molecule has 0 fully saturated rings. The summed E-state index contributed by atoms with van der Waals surface area (Å²) in [5, 5.41) is 5.63. The molecule has 0 unspecified atom stereocenters. The van der Waals surface area contributed by atoms with Crippen LogP contribution in [0.2, 0.25) is 0 Å². The number of rotatable bonds is 5. The van der Waals surface area contributed by atoms with Crippen molar-refractivity contribution in [2.24, 2.45) is 0 Å². The molecule has 0 radical (unpaired) electrons. The lowest BCUT2D eigenvalue weighted by Crippen LogP contribution is -2.07. The molecule has 0 heteroatoms. The van der Waals surface area contributed by atoms with Gasteiger partial charge in [0.25, 0.3) is 0 Å². The van der Waals surface area contributed by atoms with E-state index >= 15 is 0 Å². The SMILES string of the molecule is CC(C)c1cc2cc3cc(C(C)C)c(C(C)C)c(C(C)C)c3cc2cc1C(C)C. The Morgan fingerprint density at radius 1 is 0.379 bits per heavy atom. The molecule has 0 nitrogen and oxygen atoms in total. The van der Waals surface area contributed by atoms with E-state index < -0.39 is 0 Å². The molecule has 29 heavy (non-hydrogen) atoms. The van der Waals surface area contributed by atoms with E-state index in [2.05, 4.69) is 99.6 Å². The largest absolute Gasteiger partial charge is 0.0587 e. The summed E-state index contributed by atoms with van der Waals surface area (Å²) in [6, 6.07) is 12.3. The number of fused-ring (bicyclic) bond motifs is 2. The molecule has 0 N–H and O–H groups in total. The van der Waals surface area contributed by atoms with Gasteiger partial charge in [0.15, 0.2) is 0 Å². The maximum absolute atomic E-state index is 2.48. The molecule has 0 atom stereocenters. The molecule has 0 aliphatic carbocycles. The highest BCUT2D eigenvalue weighted by Crippen LogP contribution is 2.41. The predicted octanol–water partition coefficient (Wildman–Crippen LogP) is 9.61. The van der Waals surface area contributed by atoms with Gasteiger partial charge in [-0.05, 0) is 91.1 Å². The molecule has 3 rings (SSSR count). The smallest absolute Gasteiger partial charge is 0.0140 e. The molecule has 0 bridgehead atoms. The van der Waals surface area contributed by atoms with E-state index in [0.717, 1.165) is 0 Å². The molecule has 3 aromatic carbocycles. The Balaban J connectivity index is 2.47. The fraction of sp³-hybridized carbons (Fsp3) is 0.517. The van der Waals surface area contributed by atoms with E-state index in [1.54, 1.807) is 11.1 Å². The van der Waals surface area contributed by atoms with Crippen LogP contribution >= 0.6 is 0 Å². The lowest BCUT2D eigenvalue weighted by Gasteiger charge is -2.25. The monoisotopic (exact) mass is 388 g/mol. The van der Waals surface area contributed by atoms with Gasteiger partial charge in [0.1, 0.15) is 0 Å². The topological polar surface area (TPSA) is 0 Å². The summed E-state index contributed by atoms with van der Waals surface area (Å²) in [5.74, 6) is 2.70. The van der Waals surface area contributed by atoms with Gasteiger partial charge in [-0.1, -0.05) is 87.4 Å². The van der Waals surface area contributed by atoms with Crippen molar-refractivity contribution in [3.63, 3.8) is 0 Å². The second kappa shape index (κ2) is 8.13. The zero-order valence-corrected chi connectivity index (χ0v) is 20.3. The summed E-state index contributed by atoms with van der Waals surface area (Å²) >= 11 is 0. The molecule has 0 saturated heterocycles. The first-order chi connectivity index (χ1) is 13.5. The normalized spacial score (nSPS) is 12.7. The van der Waals surface area contributed by atoms with Crippen LogP contribution in [0.5, 0.6) is 0 Å². The average Bonchev–Trinajstić information content (AvgIpc) is 2.62. The summed E-state index contributed by atoms with van der Waals surface area (Å²) in [7, 11) is 0. The van der Waals surface area contributed by atoms with E-state index in [4.69, 9.17) is 0 Å². The number of hydrogen-bond donors (Lipinski definition) is 0. The molecule has 0 spiro atoms. The Hall–Kier alpha value is -1.82. The predicted molar refractivity (Wildman–Crippen MR) is 132 cm³/mol. The number of benzene rings is 3. The van der Waals surface area contributed by atoms with Crippen molar-refractivity contribution in [1.29, 1.82) is 0 Å². The Bertz CT molecular complexity index is 1030. The second-order valence-electron chi connectivity index (χ2n) is 10.5. The molecule has 0 heterocycles. The first-order valence-electron chi connectivity index (χ1n) is 11.6. The summed E-state index contributed by atoms with van der Waals surface area (Å²) in [6.07, 6.45) is 0. The minimum atomic E-state index is 0.519. The van der Waals surface area contributed by atoms with Crippen molar-refractivity contribution in [2.45, 2.75) is 98.8 Å². The summed E-state index contributed by atoms with van der Waals surface area (Å²) < 4.78 is 0. The summed E-state index contributed by atoms with van der Waals surface area (Å²) in [5.41, 5.74) is 7.66. The first kappa shape index (κ1) is 21.9. The van der Waals surface area contributed by atoms with Crippen LogP contribution < -0.4 is 0 Å². The highest BCUT2D eigenvalue weighted by Gasteiger charge is 2.21. The molecule has 3 aromatic rings. The Kier molecular flexibility index (Phi) is 6.13. The third-order valence-corrected chi connectivity index (χ3v) is 6.43. The van der Waals surface area contributed by atoms with Gasteiger partial charge in [-0.3, -0.25) is 0 Å². The summed E-state index contributed by atoms with van der Waals surface area (Å²) in [6.45, 7) is 23.4. The van der Waals surface area contributed by atoms with Crippen LogP contribution in [0.3, 0.4) is 0 Å². The van der Waals surface area contributed by atoms with Crippen molar-refractivity contribution in [1.82, 2.24) is 0 Å². The summed E-state index contributed by atoms with van der Waals surface area (Å²) in [4.78, 5) is 0. The highest BCUT2D eigenvalue weighted by molar-refractivity contribution is 6.01. The van der Waals surface area contributed by atoms with E-state index in [9.17, 15) is 0 Å². The zero-order valence-electron chi connectivity index (χ0n) is 20.3. The minimum absolute atomic E-state index is 0.519. The Morgan fingerprint density at radius 3 is 1.21 bits per heavy atom. The van der Waals surface area contributed by atoms with Gasteiger partial charge < -0.3 is 0 Å². The van der Waals surface area contributed by atoms with Crippen LogP contribution in [-0.4, -0.2) is 0 Å². The third kappa shape index (κ3) is 3.96. The van der Waals surface area contributed by atoms with Crippen molar-refractivity contribution in [3.8, 4) is 0 Å². The van der Waals surface area contributed by atoms with Gasteiger partial charge in [0.2, 0.25) is 0 Å². The lowest BCUT2D eigenvalue weighted by atomic mass is 9.79. The van der Waals surface area contributed by atoms with Crippen LogP contribution in [0.15, 0.2) is 30.3 Å². The molecule has 0 aliphatic heterocycles. The standard InChI is InChI=1S/C29H40/c1-16(2)24-12-21-11-23-15-26(18(5)6)28(19(7)8)29(20(9)10)27(23)14-22(21)13-25(24)17(3)4/h11-20H,1-10H3. The van der Waals surface area contributed by atoms with Crippen molar-refractivity contribution in [3.05, 3.63) is 58.1 Å². The maximum Gasteiger partial charge on any atom is -0.0140 e. The van der Waals surface area contributed by atoms with Crippen molar-refractivity contribution in [2.75, 3.05) is 0 Å². The van der Waals surface area contributed by atoms with Crippen LogP contribution in [0.25, 0.3) is 21.5 Å². The second-order valence-corrected chi connectivity index (χ2v) is 10.5. The van der Waals surface area contributed by atoms with Gasteiger partial charge in [0.05, 0.1) is 0 Å².